The number of alkyl carbamates (subject to hydrolysis) is 1. The Bertz CT molecular complexity index is 846. The summed E-state index contributed by atoms with van der Waals surface area (Å²) in [4.78, 5) is 61.1. The Hall–Kier alpha value is -3.62. The topological polar surface area (TPSA) is 220 Å². The highest BCUT2D eigenvalue weighted by atomic mass is 16.6. The molecule has 0 aromatic heterocycles. The van der Waals surface area contributed by atoms with Crippen molar-refractivity contribution in [3.63, 3.8) is 0 Å². The number of carbonyl (C=O) groups excluding carboxylic acids is 3. The van der Waals surface area contributed by atoms with Gasteiger partial charge in [-0.05, 0) is 72.9 Å². The highest BCUT2D eigenvalue weighted by molar-refractivity contribution is 6.35. The molecule has 15 heteroatoms. The molecule has 1 atom stereocenters. The van der Waals surface area contributed by atoms with Crippen LogP contribution in [0.5, 0.6) is 0 Å². The Kier molecular flexibility index (Phi) is 20.2. The summed E-state index contributed by atoms with van der Waals surface area (Å²) in [5.74, 6) is -1.48. The molecule has 8 N–H and O–H groups in total. The van der Waals surface area contributed by atoms with E-state index in [0.717, 1.165) is 51.5 Å². The summed E-state index contributed by atoms with van der Waals surface area (Å²) in [5, 5.41) is 32.7. The summed E-state index contributed by atoms with van der Waals surface area (Å²) >= 11 is 0. The van der Waals surface area contributed by atoms with Gasteiger partial charge in [0.25, 0.3) is 0 Å². The quantitative estimate of drug-likeness (QED) is 0.0509. The normalized spacial score (nSPS) is 12.1. The summed E-state index contributed by atoms with van der Waals surface area (Å²) in [5.41, 5.74) is -0.724. The van der Waals surface area contributed by atoms with Gasteiger partial charge < -0.3 is 36.2 Å². The number of unbranched alkanes of at least 4 members (excludes halogenated alkanes) is 6. The molecule has 0 bridgehead atoms. The van der Waals surface area contributed by atoms with Gasteiger partial charge in [0.2, 0.25) is 5.96 Å². The molecule has 0 saturated heterocycles. The van der Waals surface area contributed by atoms with E-state index in [-0.39, 0.29) is 12.0 Å². The SMILES string of the molecule is CC(CCNCCCCNC(=O)C(=O)NCCCCCCCCN=C(NC(=O)O)NC(=O)OC(C)(C)C)NC(=O)O. The third-order valence-corrected chi connectivity index (χ3v) is 5.38. The van der Waals surface area contributed by atoms with Crippen molar-refractivity contribution in [2.24, 2.45) is 4.99 Å². The summed E-state index contributed by atoms with van der Waals surface area (Å²) in [7, 11) is 0. The first-order valence-electron chi connectivity index (χ1n) is 14.1. The highest BCUT2D eigenvalue weighted by Crippen LogP contribution is 2.07. The highest BCUT2D eigenvalue weighted by Gasteiger charge is 2.18. The van der Waals surface area contributed by atoms with Crippen molar-refractivity contribution >= 4 is 36.1 Å². The Morgan fingerprint density at radius 1 is 0.732 bits per heavy atom. The van der Waals surface area contributed by atoms with Crippen LogP contribution in [0.15, 0.2) is 4.99 Å². The second-order valence-corrected chi connectivity index (χ2v) is 10.5. The molecule has 0 fully saturated rings. The van der Waals surface area contributed by atoms with Crippen molar-refractivity contribution in [3.8, 4) is 0 Å². The molecule has 0 radical (unpaired) electrons. The number of amides is 5. The van der Waals surface area contributed by atoms with Crippen LogP contribution in [-0.4, -0.2) is 90.6 Å². The van der Waals surface area contributed by atoms with Crippen LogP contribution in [0.1, 0.15) is 85.5 Å². The molecule has 41 heavy (non-hydrogen) atoms. The van der Waals surface area contributed by atoms with Gasteiger partial charge in [0.05, 0.1) is 0 Å². The largest absolute Gasteiger partial charge is 0.465 e. The van der Waals surface area contributed by atoms with Gasteiger partial charge in [-0.15, -0.1) is 0 Å². The van der Waals surface area contributed by atoms with E-state index in [9.17, 15) is 24.0 Å². The fourth-order valence-corrected chi connectivity index (χ4v) is 3.41. The summed E-state index contributed by atoms with van der Waals surface area (Å²) < 4.78 is 5.09. The minimum absolute atomic E-state index is 0.120. The Morgan fingerprint density at radius 2 is 1.27 bits per heavy atom. The van der Waals surface area contributed by atoms with Gasteiger partial charge in [0.1, 0.15) is 5.60 Å². The van der Waals surface area contributed by atoms with Gasteiger partial charge in [0, 0.05) is 25.7 Å². The first kappa shape index (κ1) is 37.4. The zero-order valence-corrected chi connectivity index (χ0v) is 24.8. The van der Waals surface area contributed by atoms with E-state index in [1.807, 2.05) is 5.32 Å². The van der Waals surface area contributed by atoms with Crippen LogP contribution in [0.4, 0.5) is 14.4 Å². The number of nitrogens with one attached hydrogen (secondary N) is 6. The zero-order valence-electron chi connectivity index (χ0n) is 24.8. The van der Waals surface area contributed by atoms with Crippen molar-refractivity contribution in [1.29, 1.82) is 0 Å². The predicted octanol–water partition coefficient (Wildman–Crippen LogP) is 2.12. The fraction of sp³-hybridized carbons (Fsp3) is 0.769. The lowest BCUT2D eigenvalue weighted by Gasteiger charge is -2.20. The molecule has 0 aliphatic rings. The van der Waals surface area contributed by atoms with Gasteiger partial charge >= 0.3 is 30.1 Å². The monoisotopic (exact) mass is 587 g/mol. The number of hydrogen-bond donors (Lipinski definition) is 8. The molecule has 236 valence electrons. The van der Waals surface area contributed by atoms with Crippen LogP contribution in [-0.2, 0) is 14.3 Å². The maximum absolute atomic E-state index is 11.9. The molecule has 0 aliphatic heterocycles. The molecule has 0 aromatic carbocycles. The van der Waals surface area contributed by atoms with Crippen molar-refractivity contribution < 1.29 is 38.9 Å². The van der Waals surface area contributed by atoms with E-state index in [2.05, 4.69) is 31.6 Å². The number of ether oxygens (including phenoxy) is 1. The molecule has 15 nitrogen and oxygen atoms in total. The average molecular weight is 588 g/mol. The fourth-order valence-electron chi connectivity index (χ4n) is 3.41. The Balaban J connectivity index is 3.81. The van der Waals surface area contributed by atoms with Crippen LogP contribution in [0.2, 0.25) is 0 Å². The predicted molar refractivity (Wildman–Crippen MR) is 154 cm³/mol. The first-order chi connectivity index (χ1) is 19.3. The van der Waals surface area contributed by atoms with Gasteiger partial charge in [0.15, 0.2) is 0 Å². The number of nitrogens with zero attached hydrogens (tertiary/aromatic N) is 1. The lowest BCUT2D eigenvalue weighted by Crippen LogP contribution is -2.45. The number of rotatable bonds is 18. The molecule has 0 aromatic rings. The standard InChI is InChI=1S/C26H49N7O8/c1-19(31-23(36)37)13-18-27-14-11-12-16-29-21(35)20(34)28-15-9-7-5-6-8-10-17-30-22(32-24(38)39)33-25(40)41-26(2,3)4/h19,27,31H,5-18H2,1-4H3,(H,28,34)(H,29,35)(H,36,37)(H,38,39)(H2,30,32,33,40). The second-order valence-electron chi connectivity index (χ2n) is 10.5. The van der Waals surface area contributed by atoms with E-state index >= 15 is 0 Å². The van der Waals surface area contributed by atoms with Crippen LogP contribution in [0.25, 0.3) is 0 Å². The molecule has 0 heterocycles. The van der Waals surface area contributed by atoms with E-state index in [1.54, 1.807) is 27.7 Å². The lowest BCUT2D eigenvalue weighted by molar-refractivity contribution is -0.139. The van der Waals surface area contributed by atoms with Gasteiger partial charge in [-0.25, -0.2) is 14.4 Å². The van der Waals surface area contributed by atoms with E-state index in [1.165, 1.54) is 0 Å². The third kappa shape index (κ3) is 25.1. The Morgan fingerprint density at radius 3 is 1.83 bits per heavy atom. The van der Waals surface area contributed by atoms with Gasteiger partial charge in [-0.3, -0.25) is 25.2 Å². The summed E-state index contributed by atoms with van der Waals surface area (Å²) in [6.07, 6.45) is 4.11. The minimum atomic E-state index is -1.34. The van der Waals surface area contributed by atoms with Gasteiger partial charge in [-0.2, -0.15) is 0 Å². The smallest absolute Gasteiger partial charge is 0.414 e. The van der Waals surface area contributed by atoms with Crippen LogP contribution >= 0.6 is 0 Å². The van der Waals surface area contributed by atoms with Crippen LogP contribution in [0.3, 0.4) is 0 Å². The molecular weight excluding hydrogens is 538 g/mol. The van der Waals surface area contributed by atoms with Crippen LogP contribution in [0, 0.1) is 0 Å². The maximum atomic E-state index is 11.9. The van der Waals surface area contributed by atoms with Crippen molar-refractivity contribution in [2.45, 2.75) is 97.1 Å². The zero-order chi connectivity index (χ0) is 31.1. The number of aliphatic imine (C=N–C) groups is 1. The van der Waals surface area contributed by atoms with Crippen molar-refractivity contribution in [2.75, 3.05) is 32.7 Å². The van der Waals surface area contributed by atoms with E-state index in [4.69, 9.17) is 14.9 Å². The number of carbonyl (C=O) groups is 5. The third-order valence-electron chi connectivity index (χ3n) is 5.38. The van der Waals surface area contributed by atoms with Crippen molar-refractivity contribution in [1.82, 2.24) is 31.9 Å². The molecule has 1 unspecified atom stereocenters. The Labute approximate surface area is 242 Å². The van der Waals surface area contributed by atoms with E-state index in [0.29, 0.717) is 39.0 Å². The molecule has 0 rings (SSSR count). The second kappa shape index (κ2) is 22.1. The minimum Gasteiger partial charge on any atom is -0.465 e. The molecule has 0 spiro atoms. The summed E-state index contributed by atoms with van der Waals surface area (Å²) in [6.45, 7) is 9.46. The lowest BCUT2D eigenvalue weighted by atomic mass is 10.1. The number of carboxylic acid groups (broad SMARTS) is 2. The number of guanidine groups is 1. The first-order valence-corrected chi connectivity index (χ1v) is 14.1. The molecule has 0 aliphatic carbocycles. The van der Waals surface area contributed by atoms with Gasteiger partial charge in [-0.1, -0.05) is 25.7 Å². The molecule has 0 saturated carbocycles. The van der Waals surface area contributed by atoms with E-state index < -0.39 is 35.7 Å². The molecular formula is C26H49N7O8. The number of hydrogen-bond acceptors (Lipinski definition) is 8. The van der Waals surface area contributed by atoms with Crippen LogP contribution < -0.4 is 31.9 Å². The summed E-state index contributed by atoms with van der Waals surface area (Å²) in [6, 6.07) is -0.120. The molecule has 5 amide bonds. The van der Waals surface area contributed by atoms with Crippen molar-refractivity contribution in [3.05, 3.63) is 0 Å². The maximum Gasteiger partial charge on any atom is 0.414 e. The average Bonchev–Trinajstić information content (AvgIpc) is 2.84.